The molecular weight excluding hydrogens is 308 g/mol. The number of carbonyl (C=O) groups is 1. The standard InChI is InChI=1S/C17H26N4O3/c1-19-12-14(11-18-19)13-20-8-5-17(6-9-20)4-3-15(24-17)16(22)21-7-2-10-23-21/h11-12,15H,2-10,13H2,1H3. The fraction of sp³-hybridized carbons (Fsp3) is 0.765. The van der Waals surface area contributed by atoms with E-state index in [9.17, 15) is 4.79 Å². The summed E-state index contributed by atoms with van der Waals surface area (Å²) in [7, 11) is 1.95. The maximum atomic E-state index is 12.4. The van der Waals surface area contributed by atoms with Gasteiger partial charge in [-0.25, -0.2) is 5.06 Å². The summed E-state index contributed by atoms with van der Waals surface area (Å²) in [5.41, 5.74) is 1.14. The highest BCUT2D eigenvalue weighted by Crippen LogP contribution is 2.39. The lowest BCUT2D eigenvalue weighted by Gasteiger charge is -2.39. The Bertz CT molecular complexity index is 588. The molecule has 3 aliphatic rings. The lowest BCUT2D eigenvalue weighted by molar-refractivity contribution is -0.185. The Balaban J connectivity index is 1.29. The summed E-state index contributed by atoms with van der Waals surface area (Å²) in [5.74, 6) is 0.0159. The van der Waals surface area contributed by atoms with Gasteiger partial charge < -0.3 is 4.74 Å². The maximum absolute atomic E-state index is 12.4. The van der Waals surface area contributed by atoms with Crippen molar-refractivity contribution in [2.45, 2.75) is 50.4 Å². The van der Waals surface area contributed by atoms with E-state index >= 15 is 0 Å². The van der Waals surface area contributed by atoms with Crippen LogP contribution < -0.4 is 0 Å². The molecule has 3 aliphatic heterocycles. The first-order valence-electron chi connectivity index (χ1n) is 8.96. The number of carbonyl (C=O) groups excluding carboxylic acids is 1. The molecule has 4 rings (SSSR count). The van der Waals surface area contributed by atoms with Crippen LogP contribution in [0.5, 0.6) is 0 Å². The van der Waals surface area contributed by atoms with E-state index in [-0.39, 0.29) is 17.6 Å². The molecule has 3 fully saturated rings. The Morgan fingerprint density at radius 3 is 2.83 bits per heavy atom. The van der Waals surface area contributed by atoms with E-state index in [0.29, 0.717) is 13.2 Å². The second-order valence-electron chi connectivity index (χ2n) is 7.25. The lowest BCUT2D eigenvalue weighted by Crippen LogP contribution is -2.45. The smallest absolute Gasteiger partial charge is 0.275 e. The van der Waals surface area contributed by atoms with E-state index in [1.807, 2.05) is 17.9 Å². The number of likely N-dealkylation sites (tertiary alicyclic amines) is 1. The Hall–Kier alpha value is -1.44. The number of amides is 1. The first kappa shape index (κ1) is 16.1. The molecule has 0 aromatic carbocycles. The minimum atomic E-state index is -0.312. The maximum Gasteiger partial charge on any atom is 0.275 e. The van der Waals surface area contributed by atoms with Crippen molar-refractivity contribution >= 4 is 5.91 Å². The molecule has 0 saturated carbocycles. The third kappa shape index (κ3) is 3.20. The zero-order valence-corrected chi connectivity index (χ0v) is 14.3. The van der Waals surface area contributed by atoms with E-state index in [4.69, 9.17) is 9.57 Å². The van der Waals surface area contributed by atoms with Gasteiger partial charge in [-0.2, -0.15) is 5.10 Å². The van der Waals surface area contributed by atoms with Gasteiger partial charge in [0.1, 0.15) is 6.10 Å². The molecule has 0 radical (unpaired) electrons. The van der Waals surface area contributed by atoms with Crippen molar-refractivity contribution in [3.8, 4) is 0 Å². The first-order chi connectivity index (χ1) is 11.6. The number of aryl methyl sites for hydroxylation is 1. The van der Waals surface area contributed by atoms with Gasteiger partial charge in [0.25, 0.3) is 5.91 Å². The summed E-state index contributed by atoms with van der Waals surface area (Å²) >= 11 is 0. The van der Waals surface area contributed by atoms with Crippen molar-refractivity contribution in [1.29, 1.82) is 0 Å². The van der Waals surface area contributed by atoms with Crippen LogP contribution in [-0.2, 0) is 28.0 Å². The molecule has 1 spiro atoms. The van der Waals surface area contributed by atoms with Gasteiger partial charge in [0.15, 0.2) is 0 Å². The van der Waals surface area contributed by atoms with E-state index in [1.165, 1.54) is 10.6 Å². The molecule has 1 amide bonds. The average Bonchev–Trinajstić information content (AvgIpc) is 3.31. The fourth-order valence-electron chi connectivity index (χ4n) is 4.07. The van der Waals surface area contributed by atoms with Gasteiger partial charge >= 0.3 is 0 Å². The molecule has 4 heterocycles. The molecule has 7 heteroatoms. The molecule has 0 N–H and O–H groups in total. The molecule has 3 saturated heterocycles. The van der Waals surface area contributed by atoms with Gasteiger partial charge in [0.05, 0.1) is 24.9 Å². The molecule has 1 aromatic rings. The number of ether oxygens (including phenoxy) is 1. The van der Waals surface area contributed by atoms with Crippen molar-refractivity contribution in [1.82, 2.24) is 19.7 Å². The summed E-state index contributed by atoms with van der Waals surface area (Å²) in [6, 6.07) is 0. The summed E-state index contributed by atoms with van der Waals surface area (Å²) in [4.78, 5) is 20.3. The third-order valence-corrected chi connectivity index (χ3v) is 5.46. The predicted molar refractivity (Wildman–Crippen MR) is 86.8 cm³/mol. The van der Waals surface area contributed by atoms with Gasteiger partial charge in [-0.05, 0) is 32.1 Å². The minimum Gasteiger partial charge on any atom is -0.362 e. The molecule has 1 atom stereocenters. The van der Waals surface area contributed by atoms with Crippen LogP contribution in [0, 0.1) is 0 Å². The van der Waals surface area contributed by atoms with Crippen molar-refractivity contribution in [2.75, 3.05) is 26.2 Å². The van der Waals surface area contributed by atoms with Crippen LogP contribution in [0.4, 0.5) is 0 Å². The number of hydrogen-bond donors (Lipinski definition) is 0. The van der Waals surface area contributed by atoms with Crippen LogP contribution in [-0.4, -0.2) is 63.6 Å². The molecule has 24 heavy (non-hydrogen) atoms. The van der Waals surface area contributed by atoms with E-state index in [2.05, 4.69) is 16.2 Å². The van der Waals surface area contributed by atoms with Gasteiger partial charge in [-0.1, -0.05) is 0 Å². The van der Waals surface area contributed by atoms with Crippen LogP contribution in [0.25, 0.3) is 0 Å². The molecule has 0 aliphatic carbocycles. The van der Waals surface area contributed by atoms with E-state index in [1.54, 1.807) is 0 Å². The highest BCUT2D eigenvalue weighted by Gasteiger charge is 2.46. The Labute approximate surface area is 142 Å². The Morgan fingerprint density at radius 2 is 2.17 bits per heavy atom. The number of rotatable bonds is 3. The topological polar surface area (TPSA) is 59.8 Å². The second kappa shape index (κ2) is 6.46. The molecule has 1 unspecified atom stereocenters. The van der Waals surface area contributed by atoms with Crippen molar-refractivity contribution < 1.29 is 14.4 Å². The third-order valence-electron chi connectivity index (χ3n) is 5.46. The van der Waals surface area contributed by atoms with E-state index < -0.39 is 0 Å². The zero-order valence-electron chi connectivity index (χ0n) is 14.3. The molecule has 132 valence electrons. The average molecular weight is 334 g/mol. The van der Waals surface area contributed by atoms with Crippen molar-refractivity contribution in [3.63, 3.8) is 0 Å². The van der Waals surface area contributed by atoms with Crippen LogP contribution in [0.3, 0.4) is 0 Å². The number of aromatic nitrogens is 2. The van der Waals surface area contributed by atoms with Gasteiger partial charge in [0.2, 0.25) is 0 Å². The quantitative estimate of drug-likeness (QED) is 0.828. The number of piperidine rings is 1. The van der Waals surface area contributed by atoms with Crippen molar-refractivity contribution in [2.24, 2.45) is 7.05 Å². The molecule has 0 bridgehead atoms. The highest BCUT2D eigenvalue weighted by atomic mass is 16.7. The second-order valence-corrected chi connectivity index (χ2v) is 7.25. The molecule has 1 aromatic heterocycles. The summed E-state index contributed by atoms with van der Waals surface area (Å²) in [5, 5.41) is 5.73. The molecular formula is C17H26N4O3. The number of hydroxylamine groups is 2. The molecule has 7 nitrogen and oxygen atoms in total. The SMILES string of the molecule is Cn1cc(CN2CCC3(CCC(C(=O)N4CCCO4)O3)CC2)cn1. The summed E-state index contributed by atoms with van der Waals surface area (Å²) in [6.07, 6.45) is 8.41. The largest absolute Gasteiger partial charge is 0.362 e. The van der Waals surface area contributed by atoms with E-state index in [0.717, 1.165) is 51.7 Å². The predicted octanol–water partition coefficient (Wildman–Crippen LogP) is 1.10. The van der Waals surface area contributed by atoms with Gasteiger partial charge in [-0.3, -0.25) is 19.2 Å². The fourth-order valence-corrected chi connectivity index (χ4v) is 4.07. The normalized spacial score (nSPS) is 27.2. The van der Waals surface area contributed by atoms with Crippen LogP contribution in [0.1, 0.15) is 37.7 Å². The summed E-state index contributed by atoms with van der Waals surface area (Å²) < 4.78 is 8.10. The monoisotopic (exact) mass is 334 g/mol. The van der Waals surface area contributed by atoms with Gasteiger partial charge in [0, 0.05) is 38.4 Å². The van der Waals surface area contributed by atoms with Gasteiger partial charge in [-0.15, -0.1) is 0 Å². The van der Waals surface area contributed by atoms with Crippen LogP contribution >= 0.6 is 0 Å². The Morgan fingerprint density at radius 1 is 1.33 bits per heavy atom. The lowest BCUT2D eigenvalue weighted by atomic mass is 9.88. The first-order valence-corrected chi connectivity index (χ1v) is 8.96. The minimum absolute atomic E-state index is 0.0159. The van der Waals surface area contributed by atoms with Crippen molar-refractivity contribution in [3.05, 3.63) is 18.0 Å². The zero-order chi connectivity index (χ0) is 16.6. The summed E-state index contributed by atoms with van der Waals surface area (Å²) in [6.45, 7) is 4.30. The number of hydrogen-bond acceptors (Lipinski definition) is 5. The highest BCUT2D eigenvalue weighted by molar-refractivity contribution is 5.80. The Kier molecular flexibility index (Phi) is 4.32. The van der Waals surface area contributed by atoms with Crippen LogP contribution in [0.2, 0.25) is 0 Å². The number of nitrogens with zero attached hydrogens (tertiary/aromatic N) is 4. The van der Waals surface area contributed by atoms with Crippen LogP contribution in [0.15, 0.2) is 12.4 Å².